The topological polar surface area (TPSA) is 49.3 Å². The van der Waals surface area contributed by atoms with E-state index in [0.29, 0.717) is 5.56 Å². The maximum Gasteiger partial charge on any atom is 0.320 e. The van der Waals surface area contributed by atoms with Crippen LogP contribution in [0.2, 0.25) is 0 Å². The van der Waals surface area contributed by atoms with E-state index in [4.69, 9.17) is 5.11 Å². The van der Waals surface area contributed by atoms with Gasteiger partial charge in [-0.25, -0.2) is 4.39 Å². The van der Waals surface area contributed by atoms with E-state index in [1.54, 1.807) is 18.2 Å². The van der Waals surface area contributed by atoms with Crippen molar-refractivity contribution in [1.29, 1.82) is 0 Å². The number of benzene rings is 1. The summed E-state index contributed by atoms with van der Waals surface area (Å²) in [6.07, 6.45) is 0. The van der Waals surface area contributed by atoms with Crippen molar-refractivity contribution in [1.82, 2.24) is 5.32 Å². The van der Waals surface area contributed by atoms with Gasteiger partial charge < -0.3 is 10.4 Å². The van der Waals surface area contributed by atoms with E-state index >= 15 is 0 Å². The highest BCUT2D eigenvalue weighted by Crippen LogP contribution is 2.05. The van der Waals surface area contributed by atoms with Crippen LogP contribution in [0, 0.1) is 5.82 Å². The van der Waals surface area contributed by atoms with Crippen LogP contribution in [0.25, 0.3) is 0 Å². The van der Waals surface area contributed by atoms with Gasteiger partial charge in [-0.1, -0.05) is 18.2 Å². The number of nitrogens with one attached hydrogen (secondary N) is 1. The smallest absolute Gasteiger partial charge is 0.320 e. The van der Waals surface area contributed by atoms with E-state index in [2.05, 4.69) is 5.32 Å². The van der Waals surface area contributed by atoms with Crippen LogP contribution in [0.3, 0.4) is 0 Å². The minimum Gasteiger partial charge on any atom is -0.480 e. The quantitative estimate of drug-likeness (QED) is 0.766. The zero-order chi connectivity index (χ0) is 10.6. The Morgan fingerprint density at radius 3 is 2.79 bits per heavy atom. The van der Waals surface area contributed by atoms with Crippen LogP contribution in [0.5, 0.6) is 0 Å². The van der Waals surface area contributed by atoms with Gasteiger partial charge >= 0.3 is 5.97 Å². The van der Waals surface area contributed by atoms with Crippen LogP contribution < -0.4 is 5.32 Å². The maximum absolute atomic E-state index is 13.1. The molecule has 0 aliphatic rings. The molecule has 0 spiro atoms. The van der Waals surface area contributed by atoms with Gasteiger partial charge in [-0.15, -0.1) is 0 Å². The molecule has 0 radical (unpaired) electrons. The Morgan fingerprint density at radius 1 is 1.57 bits per heavy atom. The molecule has 3 nitrogen and oxygen atoms in total. The summed E-state index contributed by atoms with van der Waals surface area (Å²) in [6, 6.07) is 5.61. The lowest BCUT2D eigenvalue weighted by atomic mass is 10.2. The standard InChI is InChI=1S/C10H12FNO2/c1-7(10(13)14)12-6-8-4-2-3-5-9(8)11/h2-5,7,12H,6H2,1H3,(H,13,14)/t7-/m1/s1. The average Bonchev–Trinajstić information content (AvgIpc) is 2.16. The molecule has 0 saturated heterocycles. The molecule has 0 aliphatic carbocycles. The summed E-state index contributed by atoms with van der Waals surface area (Å²) in [5, 5.41) is 11.3. The number of carboxylic acid groups (broad SMARTS) is 1. The Morgan fingerprint density at radius 2 is 2.21 bits per heavy atom. The zero-order valence-corrected chi connectivity index (χ0v) is 7.83. The molecule has 0 saturated carbocycles. The van der Waals surface area contributed by atoms with Gasteiger partial charge in [0.25, 0.3) is 0 Å². The first kappa shape index (κ1) is 10.7. The lowest BCUT2D eigenvalue weighted by Crippen LogP contribution is -2.33. The molecule has 1 atom stereocenters. The lowest BCUT2D eigenvalue weighted by molar-refractivity contribution is -0.139. The highest BCUT2D eigenvalue weighted by molar-refractivity contribution is 5.72. The summed E-state index contributed by atoms with van der Waals surface area (Å²) >= 11 is 0. The van der Waals surface area contributed by atoms with Crippen LogP contribution in [0.1, 0.15) is 12.5 Å². The zero-order valence-electron chi connectivity index (χ0n) is 7.83. The third kappa shape index (κ3) is 2.81. The second-order valence-corrected chi connectivity index (χ2v) is 3.03. The molecular weight excluding hydrogens is 185 g/mol. The third-order valence-electron chi connectivity index (χ3n) is 1.93. The summed E-state index contributed by atoms with van der Waals surface area (Å²) in [4.78, 5) is 10.4. The Hall–Kier alpha value is -1.42. The van der Waals surface area contributed by atoms with E-state index in [0.717, 1.165) is 0 Å². The van der Waals surface area contributed by atoms with Gasteiger partial charge in [0.05, 0.1) is 0 Å². The second kappa shape index (κ2) is 4.72. The van der Waals surface area contributed by atoms with Gasteiger partial charge in [-0.2, -0.15) is 0 Å². The molecule has 1 aromatic carbocycles. The molecule has 0 unspecified atom stereocenters. The molecule has 0 fully saturated rings. The first-order chi connectivity index (χ1) is 6.61. The molecule has 1 aromatic rings. The first-order valence-electron chi connectivity index (χ1n) is 4.31. The van der Waals surface area contributed by atoms with Crippen LogP contribution in [0.15, 0.2) is 24.3 Å². The number of carbonyl (C=O) groups is 1. The van der Waals surface area contributed by atoms with Gasteiger partial charge in [-0.05, 0) is 13.0 Å². The second-order valence-electron chi connectivity index (χ2n) is 3.03. The summed E-state index contributed by atoms with van der Waals surface area (Å²) in [6.45, 7) is 1.74. The molecule has 0 bridgehead atoms. The minimum atomic E-state index is -0.943. The summed E-state index contributed by atoms with van der Waals surface area (Å²) in [5.74, 6) is -1.26. The van der Waals surface area contributed by atoms with Crippen molar-refractivity contribution in [2.75, 3.05) is 0 Å². The third-order valence-corrected chi connectivity index (χ3v) is 1.93. The number of rotatable bonds is 4. The van der Waals surface area contributed by atoms with E-state index in [1.165, 1.54) is 13.0 Å². The molecule has 0 aliphatic heterocycles. The largest absolute Gasteiger partial charge is 0.480 e. The Labute approximate surface area is 81.6 Å². The number of aliphatic carboxylic acids is 1. The summed E-state index contributed by atoms with van der Waals surface area (Å²) < 4.78 is 13.1. The fourth-order valence-electron chi connectivity index (χ4n) is 0.992. The first-order valence-corrected chi connectivity index (χ1v) is 4.31. The normalized spacial score (nSPS) is 12.4. The van der Waals surface area contributed by atoms with Crippen molar-refractivity contribution in [3.8, 4) is 0 Å². The predicted molar refractivity (Wildman–Crippen MR) is 50.3 cm³/mol. The number of halogens is 1. The molecule has 0 aromatic heterocycles. The van der Waals surface area contributed by atoms with Crippen molar-refractivity contribution in [2.45, 2.75) is 19.5 Å². The van der Waals surface area contributed by atoms with E-state index in [-0.39, 0.29) is 12.4 Å². The van der Waals surface area contributed by atoms with Crippen molar-refractivity contribution in [2.24, 2.45) is 0 Å². The summed E-state index contributed by atoms with van der Waals surface area (Å²) in [7, 11) is 0. The van der Waals surface area contributed by atoms with E-state index < -0.39 is 12.0 Å². The molecule has 4 heteroatoms. The van der Waals surface area contributed by atoms with Gasteiger partial charge in [0.15, 0.2) is 0 Å². The highest BCUT2D eigenvalue weighted by Gasteiger charge is 2.10. The SMILES string of the molecule is C[C@@H](NCc1ccccc1F)C(=O)O. The fourth-order valence-corrected chi connectivity index (χ4v) is 0.992. The van der Waals surface area contributed by atoms with Crippen LogP contribution in [0.4, 0.5) is 4.39 Å². The van der Waals surface area contributed by atoms with Gasteiger partial charge in [-0.3, -0.25) is 4.79 Å². The van der Waals surface area contributed by atoms with Gasteiger partial charge in [0.2, 0.25) is 0 Å². The van der Waals surface area contributed by atoms with E-state index in [1.807, 2.05) is 0 Å². The minimum absolute atomic E-state index is 0.222. The van der Waals surface area contributed by atoms with Gasteiger partial charge in [0.1, 0.15) is 11.9 Å². The van der Waals surface area contributed by atoms with Crippen molar-refractivity contribution >= 4 is 5.97 Å². The summed E-state index contributed by atoms with van der Waals surface area (Å²) in [5.41, 5.74) is 0.473. The molecule has 14 heavy (non-hydrogen) atoms. The Balaban J connectivity index is 2.54. The van der Waals surface area contributed by atoms with Crippen molar-refractivity contribution < 1.29 is 14.3 Å². The molecule has 0 amide bonds. The Bertz CT molecular complexity index is 328. The van der Waals surface area contributed by atoms with Crippen molar-refractivity contribution in [3.63, 3.8) is 0 Å². The maximum atomic E-state index is 13.1. The van der Waals surface area contributed by atoms with Crippen LogP contribution >= 0.6 is 0 Å². The van der Waals surface area contributed by atoms with Crippen LogP contribution in [-0.2, 0) is 11.3 Å². The predicted octanol–water partition coefficient (Wildman–Crippen LogP) is 1.39. The number of hydrogen-bond acceptors (Lipinski definition) is 2. The molecule has 76 valence electrons. The molecule has 0 heterocycles. The monoisotopic (exact) mass is 197 g/mol. The molecule has 1 rings (SSSR count). The molecule has 2 N–H and O–H groups in total. The molecular formula is C10H12FNO2. The average molecular weight is 197 g/mol. The van der Waals surface area contributed by atoms with Crippen molar-refractivity contribution in [3.05, 3.63) is 35.6 Å². The highest BCUT2D eigenvalue weighted by atomic mass is 19.1. The Kier molecular flexibility index (Phi) is 3.59. The fraction of sp³-hybridized carbons (Fsp3) is 0.300. The van der Waals surface area contributed by atoms with E-state index in [9.17, 15) is 9.18 Å². The lowest BCUT2D eigenvalue weighted by Gasteiger charge is -2.09. The van der Waals surface area contributed by atoms with Gasteiger partial charge in [0, 0.05) is 12.1 Å². The number of carboxylic acids is 1. The number of hydrogen-bond donors (Lipinski definition) is 2. The van der Waals surface area contributed by atoms with Crippen LogP contribution in [-0.4, -0.2) is 17.1 Å².